The maximum absolute atomic E-state index is 14.4. The zero-order valence-corrected chi connectivity index (χ0v) is 20.5. The largest absolute Gasteiger partial charge is 0.340 e. The van der Waals surface area contributed by atoms with Crippen molar-refractivity contribution in [3.63, 3.8) is 0 Å². The molecule has 3 aromatic carbocycles. The number of carbonyl (C=O) groups excluding carboxylic acids is 3. The number of imide groups is 1. The Hall–Kier alpha value is -4.24. The third-order valence-electron chi connectivity index (χ3n) is 6.13. The first-order chi connectivity index (χ1) is 17.8. The van der Waals surface area contributed by atoms with E-state index in [-0.39, 0.29) is 16.4 Å². The number of nitrogens with one attached hydrogen (secondary N) is 1. The monoisotopic (exact) mass is 517 g/mol. The fraction of sp³-hybridized carbons (Fsp3) is 0.107. The maximum Gasteiger partial charge on any atom is 0.294 e. The molecule has 1 aliphatic rings. The molecule has 2 heterocycles. The summed E-state index contributed by atoms with van der Waals surface area (Å²) in [7, 11) is 0. The quantitative estimate of drug-likeness (QED) is 0.321. The first-order valence-electron chi connectivity index (χ1n) is 11.4. The second-order valence-electron chi connectivity index (χ2n) is 8.52. The Labute approximate surface area is 215 Å². The van der Waals surface area contributed by atoms with E-state index in [1.165, 1.54) is 24.3 Å². The molecule has 3 amide bonds. The lowest BCUT2D eigenvalue weighted by Crippen LogP contribution is -2.36. The van der Waals surface area contributed by atoms with E-state index >= 15 is 0 Å². The molecule has 0 spiro atoms. The summed E-state index contributed by atoms with van der Waals surface area (Å²) in [5.74, 6) is -2.03. The number of amides is 3. The molecule has 1 aliphatic heterocycles. The number of halogens is 2. The fourth-order valence-corrected chi connectivity index (χ4v) is 5.14. The molecule has 0 aliphatic carbocycles. The van der Waals surface area contributed by atoms with Crippen molar-refractivity contribution >= 4 is 51.5 Å². The standard InChI is InChI=1S/C28H21F2N3O3S/c1-17-22(21-10-3-5-12-24(21)32(17)15-18-7-2-4-11-23(18)30)14-25-27(35)33(28(36)37-25)16-26(34)31-20-9-6-8-19(29)13-20/h2-14H,15-16H2,1H3,(H,31,34)/b25-14+. The van der Waals surface area contributed by atoms with Crippen molar-refractivity contribution in [2.45, 2.75) is 13.5 Å². The minimum Gasteiger partial charge on any atom is -0.340 e. The average molecular weight is 518 g/mol. The van der Waals surface area contributed by atoms with Crippen LogP contribution in [0.3, 0.4) is 0 Å². The molecule has 0 unspecified atom stereocenters. The topological polar surface area (TPSA) is 71.4 Å². The van der Waals surface area contributed by atoms with Crippen LogP contribution in [0.1, 0.15) is 16.8 Å². The summed E-state index contributed by atoms with van der Waals surface area (Å²) in [4.78, 5) is 39.1. The zero-order valence-electron chi connectivity index (χ0n) is 19.7. The normalized spacial score (nSPS) is 14.7. The molecular weight excluding hydrogens is 496 g/mol. The SMILES string of the molecule is Cc1c(/C=C2/SC(=O)N(CC(=O)Nc3cccc(F)c3)C2=O)c2ccccc2n1Cc1ccccc1F. The number of rotatable bonds is 6. The van der Waals surface area contributed by atoms with Crippen molar-refractivity contribution in [1.82, 2.24) is 9.47 Å². The minimum absolute atomic E-state index is 0.181. The van der Waals surface area contributed by atoms with Crippen LogP contribution in [0.5, 0.6) is 0 Å². The van der Waals surface area contributed by atoms with Gasteiger partial charge in [0.05, 0.1) is 11.4 Å². The molecule has 1 fully saturated rings. The molecule has 6 nitrogen and oxygen atoms in total. The van der Waals surface area contributed by atoms with Gasteiger partial charge >= 0.3 is 0 Å². The number of benzene rings is 3. The summed E-state index contributed by atoms with van der Waals surface area (Å²) in [6, 6.07) is 19.5. The van der Waals surface area contributed by atoms with Gasteiger partial charge in [0.2, 0.25) is 5.91 Å². The Morgan fingerprint density at radius 2 is 1.76 bits per heavy atom. The van der Waals surface area contributed by atoms with Crippen molar-refractivity contribution < 1.29 is 23.2 Å². The number of fused-ring (bicyclic) bond motifs is 1. The molecule has 37 heavy (non-hydrogen) atoms. The third-order valence-corrected chi connectivity index (χ3v) is 7.03. The summed E-state index contributed by atoms with van der Waals surface area (Å²) in [6.07, 6.45) is 1.64. The lowest BCUT2D eigenvalue weighted by Gasteiger charge is -2.12. The van der Waals surface area contributed by atoms with E-state index in [0.717, 1.165) is 44.9 Å². The first kappa shape index (κ1) is 24.5. The number of thioether (sulfide) groups is 1. The highest BCUT2D eigenvalue weighted by Crippen LogP contribution is 2.36. The van der Waals surface area contributed by atoms with Crippen LogP contribution in [-0.4, -0.2) is 33.1 Å². The van der Waals surface area contributed by atoms with Crippen molar-refractivity contribution in [3.05, 3.63) is 106 Å². The third kappa shape index (κ3) is 4.90. The van der Waals surface area contributed by atoms with Crippen LogP contribution in [-0.2, 0) is 16.1 Å². The average Bonchev–Trinajstić information content (AvgIpc) is 3.28. The summed E-state index contributed by atoms with van der Waals surface area (Å²) >= 11 is 0.750. The van der Waals surface area contributed by atoms with Gasteiger partial charge in [0, 0.05) is 33.4 Å². The molecule has 9 heteroatoms. The highest BCUT2D eigenvalue weighted by atomic mass is 32.2. The summed E-state index contributed by atoms with van der Waals surface area (Å²) in [5.41, 5.74) is 3.17. The van der Waals surface area contributed by atoms with Gasteiger partial charge in [-0.25, -0.2) is 8.78 Å². The van der Waals surface area contributed by atoms with Crippen LogP contribution in [0.25, 0.3) is 17.0 Å². The number of nitrogens with zero attached hydrogens (tertiary/aromatic N) is 2. The van der Waals surface area contributed by atoms with Crippen molar-refractivity contribution in [3.8, 4) is 0 Å². The second-order valence-corrected chi connectivity index (χ2v) is 9.51. The molecule has 1 aromatic heterocycles. The van der Waals surface area contributed by atoms with Gasteiger partial charge in [-0.2, -0.15) is 0 Å². The molecule has 0 radical (unpaired) electrons. The van der Waals surface area contributed by atoms with Crippen LogP contribution in [0.2, 0.25) is 0 Å². The van der Waals surface area contributed by atoms with E-state index in [9.17, 15) is 23.2 Å². The number of hydrogen-bond acceptors (Lipinski definition) is 4. The number of aromatic nitrogens is 1. The van der Waals surface area contributed by atoms with Gasteiger partial charge in [0.25, 0.3) is 11.1 Å². The predicted molar refractivity (Wildman–Crippen MR) is 140 cm³/mol. The summed E-state index contributed by atoms with van der Waals surface area (Å²) in [5, 5.41) is 2.77. The van der Waals surface area contributed by atoms with Gasteiger partial charge in [0.1, 0.15) is 18.2 Å². The van der Waals surface area contributed by atoms with E-state index in [1.54, 1.807) is 24.3 Å². The molecule has 5 rings (SSSR count). The molecule has 186 valence electrons. The van der Waals surface area contributed by atoms with E-state index in [4.69, 9.17) is 0 Å². The molecule has 1 saturated heterocycles. The van der Waals surface area contributed by atoms with E-state index in [0.29, 0.717) is 12.1 Å². The minimum atomic E-state index is -0.619. The van der Waals surface area contributed by atoms with Gasteiger partial charge in [-0.05, 0) is 55.1 Å². The maximum atomic E-state index is 14.4. The Bertz CT molecular complexity index is 1590. The molecule has 0 saturated carbocycles. The van der Waals surface area contributed by atoms with Crippen molar-refractivity contribution in [1.29, 1.82) is 0 Å². The van der Waals surface area contributed by atoms with Crippen LogP contribution in [0.4, 0.5) is 19.3 Å². The number of hydrogen-bond donors (Lipinski definition) is 1. The van der Waals surface area contributed by atoms with E-state index < -0.39 is 29.4 Å². The summed E-state index contributed by atoms with van der Waals surface area (Å²) in [6.45, 7) is 1.69. The van der Waals surface area contributed by atoms with Crippen molar-refractivity contribution in [2.24, 2.45) is 0 Å². The van der Waals surface area contributed by atoms with Gasteiger partial charge in [-0.15, -0.1) is 0 Å². The Morgan fingerprint density at radius 1 is 1.00 bits per heavy atom. The lowest BCUT2D eigenvalue weighted by atomic mass is 10.1. The smallest absolute Gasteiger partial charge is 0.294 e. The summed E-state index contributed by atoms with van der Waals surface area (Å²) < 4.78 is 29.7. The second kappa shape index (κ2) is 10.0. The number of anilines is 1. The van der Waals surface area contributed by atoms with E-state index in [2.05, 4.69) is 5.32 Å². The van der Waals surface area contributed by atoms with Crippen LogP contribution < -0.4 is 5.32 Å². The highest BCUT2D eigenvalue weighted by molar-refractivity contribution is 8.18. The Morgan fingerprint density at radius 3 is 2.54 bits per heavy atom. The molecule has 0 bridgehead atoms. The Balaban J connectivity index is 1.42. The fourth-order valence-electron chi connectivity index (χ4n) is 4.32. The van der Waals surface area contributed by atoms with Gasteiger partial charge < -0.3 is 9.88 Å². The Kier molecular flexibility index (Phi) is 6.62. The van der Waals surface area contributed by atoms with Gasteiger partial charge in [-0.1, -0.05) is 42.5 Å². The van der Waals surface area contributed by atoms with Crippen molar-refractivity contribution in [2.75, 3.05) is 11.9 Å². The lowest BCUT2D eigenvalue weighted by molar-refractivity contribution is -0.127. The number of para-hydroxylation sites is 1. The highest BCUT2D eigenvalue weighted by Gasteiger charge is 2.36. The van der Waals surface area contributed by atoms with E-state index in [1.807, 2.05) is 35.8 Å². The van der Waals surface area contributed by atoms with Crippen LogP contribution in [0, 0.1) is 18.6 Å². The number of carbonyl (C=O) groups is 3. The van der Waals surface area contributed by atoms with Gasteiger partial charge in [-0.3, -0.25) is 19.3 Å². The first-order valence-corrected chi connectivity index (χ1v) is 12.3. The molecular formula is C28H21F2N3O3S. The van der Waals surface area contributed by atoms with Crippen LogP contribution in [0.15, 0.2) is 77.7 Å². The zero-order chi connectivity index (χ0) is 26.1. The molecule has 4 aromatic rings. The van der Waals surface area contributed by atoms with Crippen LogP contribution >= 0.6 is 11.8 Å². The molecule has 1 N–H and O–H groups in total. The molecule has 0 atom stereocenters. The van der Waals surface area contributed by atoms with Gasteiger partial charge in [0.15, 0.2) is 0 Å². The predicted octanol–water partition coefficient (Wildman–Crippen LogP) is 5.95.